The van der Waals surface area contributed by atoms with E-state index < -0.39 is 0 Å². The van der Waals surface area contributed by atoms with Crippen molar-refractivity contribution in [3.8, 4) is 0 Å². The number of hydrazine groups is 1. The molecule has 1 unspecified atom stereocenters. The van der Waals surface area contributed by atoms with Crippen LogP contribution in [0.1, 0.15) is 37.7 Å². The molecule has 0 saturated heterocycles. The van der Waals surface area contributed by atoms with Gasteiger partial charge in [-0.2, -0.15) is 0 Å². The van der Waals surface area contributed by atoms with Crippen LogP contribution in [0.15, 0.2) is 34.7 Å². The zero-order chi connectivity index (χ0) is 11.2. The zero-order valence-corrected chi connectivity index (χ0v) is 9.61. The Morgan fingerprint density at radius 3 is 2.94 bits per heavy atom. The monoisotopic (exact) mass is 220 g/mol. The van der Waals surface area contributed by atoms with Gasteiger partial charge in [-0.15, -0.1) is 0 Å². The Bertz CT molecular complexity index is 330. The first-order chi connectivity index (χ1) is 7.88. The van der Waals surface area contributed by atoms with E-state index >= 15 is 0 Å². The van der Waals surface area contributed by atoms with Crippen LogP contribution in [0.2, 0.25) is 0 Å². The van der Waals surface area contributed by atoms with Gasteiger partial charge >= 0.3 is 0 Å². The molecule has 1 aliphatic carbocycles. The van der Waals surface area contributed by atoms with Crippen LogP contribution in [0.5, 0.6) is 0 Å². The van der Waals surface area contributed by atoms with Crippen LogP contribution in [-0.2, 0) is 6.42 Å². The fourth-order valence-electron chi connectivity index (χ4n) is 2.29. The molecular weight excluding hydrogens is 200 g/mol. The summed E-state index contributed by atoms with van der Waals surface area (Å²) in [5, 5.41) is 0. The van der Waals surface area contributed by atoms with E-state index in [1.807, 2.05) is 6.07 Å². The average Bonchev–Trinajstić information content (AvgIpc) is 2.82. The lowest BCUT2D eigenvalue weighted by Crippen LogP contribution is -2.37. The minimum absolute atomic E-state index is 0.321. The number of furan rings is 1. The van der Waals surface area contributed by atoms with Gasteiger partial charge in [-0.1, -0.05) is 11.6 Å². The third-order valence-electron chi connectivity index (χ3n) is 3.19. The first-order valence-electron chi connectivity index (χ1n) is 6.03. The van der Waals surface area contributed by atoms with Crippen LogP contribution in [0.4, 0.5) is 0 Å². The molecule has 0 fully saturated rings. The minimum Gasteiger partial charge on any atom is -0.472 e. The molecule has 1 aliphatic rings. The molecule has 1 heterocycles. The smallest absolute Gasteiger partial charge is 0.0935 e. The highest BCUT2D eigenvalue weighted by atomic mass is 16.3. The summed E-state index contributed by atoms with van der Waals surface area (Å²) in [5.74, 6) is 5.60. The highest BCUT2D eigenvalue weighted by molar-refractivity contribution is 5.11. The normalized spacial score (nSPS) is 18.2. The van der Waals surface area contributed by atoms with Gasteiger partial charge in [0.25, 0.3) is 0 Å². The van der Waals surface area contributed by atoms with Gasteiger partial charge in [0.1, 0.15) is 0 Å². The Morgan fingerprint density at radius 1 is 1.38 bits per heavy atom. The third-order valence-corrected chi connectivity index (χ3v) is 3.19. The molecule has 0 aliphatic heterocycles. The topological polar surface area (TPSA) is 51.2 Å². The van der Waals surface area contributed by atoms with Crippen LogP contribution in [0.3, 0.4) is 0 Å². The number of allylic oxidation sites excluding steroid dienone is 1. The molecule has 3 heteroatoms. The minimum atomic E-state index is 0.321. The molecule has 2 rings (SSSR count). The lowest BCUT2D eigenvalue weighted by atomic mass is 9.92. The quantitative estimate of drug-likeness (QED) is 0.455. The second-order valence-electron chi connectivity index (χ2n) is 4.51. The van der Waals surface area contributed by atoms with Crippen molar-refractivity contribution in [2.24, 2.45) is 5.84 Å². The van der Waals surface area contributed by atoms with Crippen molar-refractivity contribution in [2.75, 3.05) is 0 Å². The van der Waals surface area contributed by atoms with Crippen LogP contribution in [0, 0.1) is 0 Å². The first kappa shape index (κ1) is 11.4. The predicted molar refractivity (Wildman–Crippen MR) is 64.7 cm³/mol. The Morgan fingerprint density at radius 2 is 2.31 bits per heavy atom. The Labute approximate surface area is 96.7 Å². The average molecular weight is 220 g/mol. The van der Waals surface area contributed by atoms with Crippen LogP contribution < -0.4 is 11.3 Å². The van der Waals surface area contributed by atoms with E-state index in [1.54, 1.807) is 18.1 Å². The van der Waals surface area contributed by atoms with Crippen LogP contribution in [-0.4, -0.2) is 6.04 Å². The number of nitrogens with one attached hydrogen (secondary N) is 1. The zero-order valence-electron chi connectivity index (χ0n) is 9.61. The first-order valence-corrected chi connectivity index (χ1v) is 6.03. The van der Waals surface area contributed by atoms with E-state index in [0.717, 1.165) is 12.8 Å². The maximum atomic E-state index is 5.60. The summed E-state index contributed by atoms with van der Waals surface area (Å²) in [6.45, 7) is 0. The summed E-state index contributed by atoms with van der Waals surface area (Å²) in [6, 6.07) is 2.32. The van der Waals surface area contributed by atoms with Crippen molar-refractivity contribution in [1.82, 2.24) is 5.43 Å². The highest BCUT2D eigenvalue weighted by Crippen LogP contribution is 2.22. The molecule has 88 valence electrons. The standard InChI is InChI=1S/C13H20N2O/c14-15-13(9-12-6-7-16-10-12)8-11-4-2-1-3-5-11/h4,6-7,10,13,15H,1-3,5,8-9,14H2. The van der Waals surface area contributed by atoms with Gasteiger partial charge in [0.15, 0.2) is 0 Å². The molecule has 1 aromatic heterocycles. The van der Waals surface area contributed by atoms with E-state index in [0.29, 0.717) is 6.04 Å². The van der Waals surface area contributed by atoms with Crippen LogP contribution >= 0.6 is 0 Å². The lowest BCUT2D eigenvalue weighted by Gasteiger charge is -2.19. The van der Waals surface area contributed by atoms with Crippen molar-refractivity contribution < 1.29 is 4.42 Å². The molecule has 1 aromatic rings. The maximum absolute atomic E-state index is 5.60. The van der Waals surface area contributed by atoms with E-state index in [1.165, 1.54) is 31.2 Å². The summed E-state index contributed by atoms with van der Waals surface area (Å²) < 4.78 is 5.07. The van der Waals surface area contributed by atoms with Crippen molar-refractivity contribution >= 4 is 0 Å². The summed E-state index contributed by atoms with van der Waals surface area (Å²) in [4.78, 5) is 0. The molecule has 0 spiro atoms. The Kier molecular flexibility index (Phi) is 4.19. The molecule has 0 radical (unpaired) electrons. The van der Waals surface area contributed by atoms with Gasteiger partial charge in [-0.25, -0.2) is 0 Å². The molecule has 16 heavy (non-hydrogen) atoms. The van der Waals surface area contributed by atoms with Crippen LogP contribution in [0.25, 0.3) is 0 Å². The summed E-state index contributed by atoms with van der Waals surface area (Å²) in [6.07, 6.45) is 13.0. The Hall–Kier alpha value is -1.06. The molecular formula is C13H20N2O. The molecule has 0 bridgehead atoms. The maximum Gasteiger partial charge on any atom is 0.0935 e. The second kappa shape index (κ2) is 5.87. The molecule has 0 saturated carbocycles. The van der Waals surface area contributed by atoms with Gasteiger partial charge in [0, 0.05) is 6.04 Å². The number of rotatable bonds is 5. The molecule has 3 N–H and O–H groups in total. The van der Waals surface area contributed by atoms with Gasteiger partial charge < -0.3 is 4.42 Å². The van der Waals surface area contributed by atoms with E-state index in [2.05, 4.69) is 11.5 Å². The van der Waals surface area contributed by atoms with Gasteiger partial charge in [-0.3, -0.25) is 11.3 Å². The summed E-state index contributed by atoms with van der Waals surface area (Å²) >= 11 is 0. The Balaban J connectivity index is 1.87. The van der Waals surface area contributed by atoms with Gasteiger partial charge in [0.05, 0.1) is 12.5 Å². The van der Waals surface area contributed by atoms with Crippen molar-refractivity contribution in [2.45, 2.75) is 44.6 Å². The predicted octanol–water partition coefficient (Wildman–Crippen LogP) is 2.54. The highest BCUT2D eigenvalue weighted by Gasteiger charge is 2.12. The molecule has 0 amide bonds. The molecule has 1 atom stereocenters. The van der Waals surface area contributed by atoms with Gasteiger partial charge in [0.2, 0.25) is 0 Å². The number of hydrogen-bond acceptors (Lipinski definition) is 3. The number of hydrogen-bond donors (Lipinski definition) is 2. The number of nitrogens with two attached hydrogens (primary N) is 1. The second-order valence-corrected chi connectivity index (χ2v) is 4.51. The SMILES string of the molecule is NNC(CC1=CCCCC1)Cc1ccoc1. The third kappa shape index (κ3) is 3.22. The summed E-state index contributed by atoms with van der Waals surface area (Å²) in [7, 11) is 0. The van der Waals surface area contributed by atoms with E-state index in [-0.39, 0.29) is 0 Å². The largest absolute Gasteiger partial charge is 0.472 e. The van der Waals surface area contributed by atoms with Crippen molar-refractivity contribution in [3.05, 3.63) is 35.8 Å². The van der Waals surface area contributed by atoms with E-state index in [9.17, 15) is 0 Å². The van der Waals surface area contributed by atoms with Crippen molar-refractivity contribution in [3.63, 3.8) is 0 Å². The fraction of sp³-hybridized carbons (Fsp3) is 0.538. The lowest BCUT2D eigenvalue weighted by molar-refractivity contribution is 0.499. The van der Waals surface area contributed by atoms with Gasteiger partial charge in [-0.05, 0) is 50.2 Å². The molecule has 3 nitrogen and oxygen atoms in total. The molecule has 0 aromatic carbocycles. The van der Waals surface area contributed by atoms with Crippen molar-refractivity contribution in [1.29, 1.82) is 0 Å². The summed E-state index contributed by atoms with van der Waals surface area (Å²) in [5.41, 5.74) is 5.67. The fourth-order valence-corrected chi connectivity index (χ4v) is 2.29. The van der Waals surface area contributed by atoms with E-state index in [4.69, 9.17) is 10.3 Å².